The van der Waals surface area contributed by atoms with E-state index in [0.29, 0.717) is 36.6 Å². The predicted molar refractivity (Wildman–Crippen MR) is 110 cm³/mol. The molecule has 2 aromatic rings. The Hall–Kier alpha value is -3.08. The summed E-state index contributed by atoms with van der Waals surface area (Å²) < 4.78 is 13.5. The lowest BCUT2D eigenvalue weighted by Gasteiger charge is -2.31. The van der Waals surface area contributed by atoms with E-state index in [1.807, 2.05) is 0 Å². The van der Waals surface area contributed by atoms with Gasteiger partial charge in [0.15, 0.2) is 0 Å². The number of benzene rings is 1. The van der Waals surface area contributed by atoms with Gasteiger partial charge in [-0.25, -0.2) is 9.18 Å². The third-order valence-electron chi connectivity index (χ3n) is 4.86. The Labute approximate surface area is 177 Å². The van der Waals surface area contributed by atoms with Gasteiger partial charge < -0.3 is 20.9 Å². The quantitative estimate of drug-likeness (QED) is 0.600. The molecule has 1 fully saturated rings. The number of nitrogens with one attached hydrogen (secondary N) is 3. The van der Waals surface area contributed by atoms with E-state index >= 15 is 0 Å². The van der Waals surface area contributed by atoms with Crippen LogP contribution < -0.4 is 16.0 Å². The maximum Gasteiger partial charge on any atom is 0.317 e. The minimum atomic E-state index is -0.434. The highest BCUT2D eigenvalue weighted by atomic mass is 32.1. The zero-order valence-electron chi connectivity index (χ0n) is 16.5. The summed E-state index contributed by atoms with van der Waals surface area (Å²) in [5.41, 5.74) is 2.25. The van der Waals surface area contributed by atoms with Crippen molar-refractivity contribution in [2.24, 2.45) is 5.92 Å². The summed E-state index contributed by atoms with van der Waals surface area (Å²) in [5, 5.41) is 16.1. The van der Waals surface area contributed by atoms with E-state index < -0.39 is 11.7 Å². The van der Waals surface area contributed by atoms with Crippen LogP contribution in [0.2, 0.25) is 0 Å². The summed E-state index contributed by atoms with van der Waals surface area (Å²) in [4.78, 5) is 38.1. The molecule has 3 N–H and O–H groups in total. The molecule has 0 bridgehead atoms. The first kappa shape index (κ1) is 21.6. The van der Waals surface area contributed by atoms with Crippen LogP contribution in [0.1, 0.15) is 28.8 Å². The van der Waals surface area contributed by atoms with Crippen molar-refractivity contribution < 1.29 is 18.8 Å². The van der Waals surface area contributed by atoms with Crippen LogP contribution in [0.25, 0.3) is 0 Å². The molecule has 3 rings (SSSR count). The Kier molecular flexibility index (Phi) is 7.28. The molecule has 11 heteroatoms. The number of hydrogen-bond donors (Lipinski definition) is 3. The SMILES string of the molecule is Cc1ccc(C(=O)NCCNC(=O)N2CCC(C(=O)Nc3nncs3)CC2)cc1F. The van der Waals surface area contributed by atoms with Gasteiger partial charge in [0.1, 0.15) is 11.3 Å². The number of piperidine rings is 1. The first-order chi connectivity index (χ1) is 14.4. The lowest BCUT2D eigenvalue weighted by molar-refractivity contribution is -0.121. The summed E-state index contributed by atoms with van der Waals surface area (Å²) in [5.74, 6) is -1.11. The predicted octanol–water partition coefficient (Wildman–Crippen LogP) is 1.78. The Balaban J connectivity index is 1.34. The number of likely N-dealkylation sites (tertiary alicyclic amines) is 1. The molecule has 1 aliphatic rings. The Morgan fingerprint density at radius 1 is 1.20 bits per heavy atom. The van der Waals surface area contributed by atoms with Gasteiger partial charge in [-0.2, -0.15) is 0 Å². The van der Waals surface area contributed by atoms with Crippen molar-refractivity contribution >= 4 is 34.3 Å². The van der Waals surface area contributed by atoms with Gasteiger partial charge in [-0.1, -0.05) is 17.4 Å². The van der Waals surface area contributed by atoms with Gasteiger partial charge in [-0.3, -0.25) is 9.59 Å². The van der Waals surface area contributed by atoms with E-state index in [-0.39, 0.29) is 36.5 Å². The number of hydrogen-bond acceptors (Lipinski definition) is 6. The number of carbonyl (C=O) groups is 3. The molecule has 1 aliphatic heterocycles. The number of amides is 4. The minimum Gasteiger partial charge on any atom is -0.350 e. The number of nitrogens with zero attached hydrogens (tertiary/aromatic N) is 3. The molecule has 1 aromatic heterocycles. The largest absolute Gasteiger partial charge is 0.350 e. The molecule has 30 heavy (non-hydrogen) atoms. The summed E-state index contributed by atoms with van der Waals surface area (Å²) in [6, 6.07) is 4.05. The van der Waals surface area contributed by atoms with Crippen LogP contribution in [-0.2, 0) is 4.79 Å². The normalized spacial score (nSPS) is 14.3. The van der Waals surface area contributed by atoms with Crippen molar-refractivity contribution in [2.75, 3.05) is 31.5 Å². The number of aromatic nitrogens is 2. The Morgan fingerprint density at radius 3 is 2.60 bits per heavy atom. The van der Waals surface area contributed by atoms with Gasteiger partial charge in [0.25, 0.3) is 5.91 Å². The number of aryl methyl sites for hydroxylation is 1. The zero-order valence-corrected chi connectivity index (χ0v) is 17.3. The fourth-order valence-electron chi connectivity index (χ4n) is 3.07. The fraction of sp³-hybridized carbons (Fsp3) is 0.421. The van der Waals surface area contributed by atoms with Crippen molar-refractivity contribution in [1.82, 2.24) is 25.7 Å². The Bertz CT molecular complexity index is 900. The van der Waals surface area contributed by atoms with Gasteiger partial charge in [0.2, 0.25) is 11.0 Å². The van der Waals surface area contributed by atoms with Gasteiger partial charge >= 0.3 is 6.03 Å². The van der Waals surface area contributed by atoms with Crippen LogP contribution >= 0.6 is 11.3 Å². The lowest BCUT2D eigenvalue weighted by atomic mass is 9.96. The second-order valence-corrected chi connectivity index (χ2v) is 7.78. The standard InChI is InChI=1S/C19H23FN6O3S/c1-12-2-3-14(10-15(12)20)16(27)21-6-7-22-19(29)26-8-4-13(5-9-26)17(28)24-18-25-23-11-30-18/h2-3,10-11,13H,4-9H2,1H3,(H,21,27)(H,22,29)(H,24,25,28). The minimum absolute atomic E-state index is 0.109. The number of anilines is 1. The molecule has 160 valence electrons. The van der Waals surface area contributed by atoms with Crippen LogP contribution in [-0.4, -0.2) is 59.1 Å². The van der Waals surface area contributed by atoms with Gasteiger partial charge in [0.05, 0.1) is 0 Å². The maximum atomic E-state index is 13.5. The highest BCUT2D eigenvalue weighted by Gasteiger charge is 2.27. The fourth-order valence-corrected chi connectivity index (χ4v) is 3.52. The first-order valence-corrected chi connectivity index (χ1v) is 10.5. The molecule has 9 nitrogen and oxygen atoms in total. The Morgan fingerprint density at radius 2 is 1.93 bits per heavy atom. The first-order valence-electron chi connectivity index (χ1n) is 9.58. The topological polar surface area (TPSA) is 116 Å². The van der Waals surface area contributed by atoms with Crippen LogP contribution in [0.4, 0.5) is 14.3 Å². The van der Waals surface area contributed by atoms with Gasteiger partial charge in [0, 0.05) is 37.7 Å². The molecule has 0 saturated carbocycles. The molecule has 0 spiro atoms. The highest BCUT2D eigenvalue weighted by molar-refractivity contribution is 7.13. The zero-order chi connectivity index (χ0) is 21.5. The smallest absolute Gasteiger partial charge is 0.317 e. The molecular formula is C19H23FN6O3S. The molecule has 1 saturated heterocycles. The molecule has 0 atom stereocenters. The number of urea groups is 1. The van der Waals surface area contributed by atoms with E-state index in [9.17, 15) is 18.8 Å². The molecule has 0 unspecified atom stereocenters. The molecule has 0 aliphatic carbocycles. The van der Waals surface area contributed by atoms with E-state index in [1.54, 1.807) is 29.5 Å². The van der Waals surface area contributed by atoms with Crippen molar-refractivity contribution in [3.05, 3.63) is 40.7 Å². The molecule has 0 radical (unpaired) electrons. The summed E-state index contributed by atoms with van der Waals surface area (Å²) >= 11 is 1.26. The average molecular weight is 434 g/mol. The maximum absolute atomic E-state index is 13.5. The van der Waals surface area contributed by atoms with Crippen LogP contribution in [0.5, 0.6) is 0 Å². The van der Waals surface area contributed by atoms with Gasteiger partial charge in [-0.15, -0.1) is 10.2 Å². The van der Waals surface area contributed by atoms with Gasteiger partial charge in [-0.05, 0) is 37.5 Å². The monoisotopic (exact) mass is 434 g/mol. The third kappa shape index (κ3) is 5.72. The second-order valence-electron chi connectivity index (χ2n) is 6.95. The molecule has 2 heterocycles. The molecule has 4 amide bonds. The molecular weight excluding hydrogens is 411 g/mol. The number of carbonyl (C=O) groups excluding carboxylic acids is 3. The van der Waals surface area contributed by atoms with E-state index in [2.05, 4.69) is 26.1 Å². The van der Waals surface area contributed by atoms with E-state index in [0.717, 1.165) is 0 Å². The summed E-state index contributed by atoms with van der Waals surface area (Å²) in [6.45, 7) is 3.03. The van der Waals surface area contributed by atoms with Crippen molar-refractivity contribution in [3.8, 4) is 0 Å². The van der Waals surface area contributed by atoms with Crippen LogP contribution in [0, 0.1) is 18.7 Å². The summed E-state index contributed by atoms with van der Waals surface area (Å²) in [7, 11) is 0. The average Bonchev–Trinajstić information content (AvgIpc) is 3.26. The van der Waals surface area contributed by atoms with Crippen molar-refractivity contribution in [2.45, 2.75) is 19.8 Å². The third-order valence-corrected chi connectivity index (χ3v) is 5.47. The van der Waals surface area contributed by atoms with Crippen molar-refractivity contribution in [3.63, 3.8) is 0 Å². The van der Waals surface area contributed by atoms with E-state index in [4.69, 9.17) is 0 Å². The second kappa shape index (κ2) is 10.1. The van der Waals surface area contributed by atoms with Crippen LogP contribution in [0.15, 0.2) is 23.7 Å². The highest BCUT2D eigenvalue weighted by Crippen LogP contribution is 2.20. The summed E-state index contributed by atoms with van der Waals surface area (Å²) in [6.07, 6.45) is 1.13. The number of halogens is 1. The van der Waals surface area contributed by atoms with Crippen LogP contribution in [0.3, 0.4) is 0 Å². The van der Waals surface area contributed by atoms with Crippen molar-refractivity contribution in [1.29, 1.82) is 0 Å². The number of rotatable bonds is 6. The van der Waals surface area contributed by atoms with E-state index in [1.165, 1.54) is 17.4 Å². The molecule has 1 aromatic carbocycles. The lowest BCUT2D eigenvalue weighted by Crippen LogP contribution is -2.47.